The smallest absolute Gasteiger partial charge is 0.310 e. The number of hydrogen-bond acceptors (Lipinski definition) is 3. The summed E-state index contributed by atoms with van der Waals surface area (Å²) >= 11 is 0. The summed E-state index contributed by atoms with van der Waals surface area (Å²) in [5.74, 6) is -0.464. The summed E-state index contributed by atoms with van der Waals surface area (Å²) in [4.78, 5) is 22.2. The number of amides is 1. The van der Waals surface area contributed by atoms with Crippen molar-refractivity contribution in [3.8, 4) is 0 Å². The maximum Gasteiger partial charge on any atom is 0.310 e. The SMILES string of the molecule is COC(=O)C(C)C1CCCC(=O)N1. The summed E-state index contributed by atoms with van der Waals surface area (Å²) in [7, 11) is 1.36. The van der Waals surface area contributed by atoms with Crippen molar-refractivity contribution in [1.82, 2.24) is 5.32 Å². The highest BCUT2D eigenvalue weighted by molar-refractivity contribution is 5.79. The zero-order valence-corrected chi connectivity index (χ0v) is 8.00. The monoisotopic (exact) mass is 185 g/mol. The molecule has 1 N–H and O–H groups in total. The van der Waals surface area contributed by atoms with Crippen LogP contribution in [0.15, 0.2) is 0 Å². The third kappa shape index (κ3) is 2.44. The lowest BCUT2D eigenvalue weighted by Crippen LogP contribution is -2.45. The predicted molar refractivity (Wildman–Crippen MR) is 47.0 cm³/mol. The highest BCUT2D eigenvalue weighted by atomic mass is 16.5. The Kier molecular flexibility index (Phi) is 3.28. The summed E-state index contributed by atoms with van der Waals surface area (Å²) in [6, 6.07) is -0.0475. The van der Waals surface area contributed by atoms with E-state index in [1.165, 1.54) is 7.11 Å². The zero-order valence-electron chi connectivity index (χ0n) is 8.00. The number of carbonyl (C=O) groups is 2. The first-order chi connectivity index (χ1) is 6.15. The van der Waals surface area contributed by atoms with Crippen molar-refractivity contribution >= 4 is 11.9 Å². The van der Waals surface area contributed by atoms with Crippen LogP contribution in [-0.2, 0) is 14.3 Å². The largest absolute Gasteiger partial charge is 0.469 e. The number of rotatable bonds is 2. The number of hydrogen-bond donors (Lipinski definition) is 1. The average Bonchev–Trinajstić information content (AvgIpc) is 2.15. The summed E-state index contributed by atoms with van der Waals surface area (Å²) in [6.45, 7) is 1.78. The van der Waals surface area contributed by atoms with E-state index in [2.05, 4.69) is 10.1 Å². The Labute approximate surface area is 77.6 Å². The van der Waals surface area contributed by atoms with Crippen LogP contribution in [0.1, 0.15) is 26.2 Å². The van der Waals surface area contributed by atoms with Crippen molar-refractivity contribution in [3.63, 3.8) is 0 Å². The number of esters is 1. The molecule has 2 atom stereocenters. The summed E-state index contributed by atoms with van der Waals surface area (Å²) < 4.78 is 4.61. The quantitative estimate of drug-likeness (QED) is 0.636. The molecular weight excluding hydrogens is 170 g/mol. The first-order valence-electron chi connectivity index (χ1n) is 4.52. The molecule has 0 radical (unpaired) electrons. The number of ether oxygens (including phenoxy) is 1. The predicted octanol–water partition coefficient (Wildman–Crippen LogP) is 0.464. The van der Waals surface area contributed by atoms with E-state index < -0.39 is 0 Å². The van der Waals surface area contributed by atoms with Gasteiger partial charge in [0, 0.05) is 12.5 Å². The van der Waals surface area contributed by atoms with Gasteiger partial charge in [-0.25, -0.2) is 0 Å². The van der Waals surface area contributed by atoms with Gasteiger partial charge in [-0.1, -0.05) is 0 Å². The molecule has 0 aromatic rings. The van der Waals surface area contributed by atoms with Crippen LogP contribution in [0, 0.1) is 5.92 Å². The molecule has 1 heterocycles. The third-order valence-electron chi connectivity index (χ3n) is 2.44. The van der Waals surface area contributed by atoms with Crippen LogP contribution in [-0.4, -0.2) is 25.0 Å². The molecule has 1 saturated heterocycles. The Morgan fingerprint density at radius 2 is 2.38 bits per heavy atom. The molecule has 1 aliphatic heterocycles. The van der Waals surface area contributed by atoms with Crippen LogP contribution in [0.2, 0.25) is 0 Å². The summed E-state index contributed by atoms with van der Waals surface area (Å²) in [5, 5.41) is 2.79. The van der Waals surface area contributed by atoms with Crippen molar-refractivity contribution < 1.29 is 14.3 Å². The lowest BCUT2D eigenvalue weighted by molar-refractivity contribution is -0.146. The normalized spacial score (nSPS) is 24.8. The van der Waals surface area contributed by atoms with Crippen LogP contribution in [0.25, 0.3) is 0 Å². The van der Waals surface area contributed by atoms with Gasteiger partial charge in [-0.05, 0) is 19.8 Å². The Morgan fingerprint density at radius 3 is 2.92 bits per heavy atom. The van der Waals surface area contributed by atoms with Crippen LogP contribution in [0.4, 0.5) is 0 Å². The summed E-state index contributed by atoms with van der Waals surface area (Å²) in [6.07, 6.45) is 2.30. The highest BCUT2D eigenvalue weighted by Gasteiger charge is 2.28. The third-order valence-corrected chi connectivity index (χ3v) is 2.44. The van der Waals surface area contributed by atoms with E-state index >= 15 is 0 Å². The number of methoxy groups -OCH3 is 1. The van der Waals surface area contributed by atoms with Crippen LogP contribution in [0.5, 0.6) is 0 Å². The maximum absolute atomic E-state index is 11.1. The van der Waals surface area contributed by atoms with E-state index in [-0.39, 0.29) is 23.8 Å². The standard InChI is InChI=1S/C9H15NO3/c1-6(9(12)13-2)7-4-3-5-8(11)10-7/h6-7H,3-5H2,1-2H3,(H,10,11). The number of nitrogens with one attached hydrogen (secondary N) is 1. The molecular formula is C9H15NO3. The molecule has 0 aromatic carbocycles. The minimum atomic E-state index is -0.257. The second kappa shape index (κ2) is 4.25. The van der Waals surface area contributed by atoms with Gasteiger partial charge < -0.3 is 10.1 Å². The molecule has 4 nitrogen and oxygen atoms in total. The first kappa shape index (κ1) is 10.0. The lowest BCUT2D eigenvalue weighted by atomic mass is 9.93. The van der Waals surface area contributed by atoms with E-state index in [9.17, 15) is 9.59 Å². The Hall–Kier alpha value is -1.06. The average molecular weight is 185 g/mol. The maximum atomic E-state index is 11.1. The molecule has 74 valence electrons. The van der Waals surface area contributed by atoms with E-state index in [1.54, 1.807) is 6.92 Å². The van der Waals surface area contributed by atoms with Crippen molar-refractivity contribution in [1.29, 1.82) is 0 Å². The molecule has 2 unspecified atom stereocenters. The van der Waals surface area contributed by atoms with Crippen LogP contribution < -0.4 is 5.32 Å². The lowest BCUT2D eigenvalue weighted by Gasteiger charge is -2.26. The second-order valence-corrected chi connectivity index (χ2v) is 3.38. The van der Waals surface area contributed by atoms with E-state index in [0.29, 0.717) is 6.42 Å². The molecule has 1 fully saturated rings. The van der Waals surface area contributed by atoms with Gasteiger partial charge in [0.25, 0.3) is 0 Å². The fourth-order valence-corrected chi connectivity index (χ4v) is 1.56. The number of piperidine rings is 1. The minimum Gasteiger partial charge on any atom is -0.469 e. The first-order valence-corrected chi connectivity index (χ1v) is 4.52. The Balaban J connectivity index is 2.50. The highest BCUT2D eigenvalue weighted by Crippen LogP contribution is 2.16. The van der Waals surface area contributed by atoms with Crippen LogP contribution in [0.3, 0.4) is 0 Å². The van der Waals surface area contributed by atoms with Gasteiger partial charge in [0.05, 0.1) is 13.0 Å². The molecule has 1 aliphatic rings. The molecule has 1 amide bonds. The van der Waals surface area contributed by atoms with Gasteiger partial charge >= 0.3 is 5.97 Å². The van der Waals surface area contributed by atoms with Crippen molar-refractivity contribution in [2.24, 2.45) is 5.92 Å². The van der Waals surface area contributed by atoms with Crippen LogP contribution >= 0.6 is 0 Å². The van der Waals surface area contributed by atoms with E-state index in [1.807, 2.05) is 0 Å². The Bertz CT molecular complexity index is 215. The van der Waals surface area contributed by atoms with Gasteiger partial charge in [-0.15, -0.1) is 0 Å². The second-order valence-electron chi connectivity index (χ2n) is 3.38. The minimum absolute atomic E-state index is 0.0343. The van der Waals surface area contributed by atoms with Gasteiger partial charge in [0.2, 0.25) is 5.91 Å². The van der Waals surface area contributed by atoms with Crippen molar-refractivity contribution in [2.45, 2.75) is 32.2 Å². The van der Waals surface area contributed by atoms with E-state index in [4.69, 9.17) is 0 Å². The molecule has 0 spiro atoms. The molecule has 0 aliphatic carbocycles. The zero-order chi connectivity index (χ0) is 9.84. The fourth-order valence-electron chi connectivity index (χ4n) is 1.56. The summed E-state index contributed by atoms with van der Waals surface area (Å²) in [5.41, 5.74) is 0. The van der Waals surface area contributed by atoms with Gasteiger partial charge in [0.1, 0.15) is 0 Å². The molecule has 13 heavy (non-hydrogen) atoms. The van der Waals surface area contributed by atoms with Gasteiger partial charge in [-0.3, -0.25) is 9.59 Å². The van der Waals surface area contributed by atoms with Gasteiger partial charge in [0.15, 0.2) is 0 Å². The van der Waals surface area contributed by atoms with E-state index in [0.717, 1.165) is 12.8 Å². The fraction of sp³-hybridized carbons (Fsp3) is 0.778. The molecule has 0 bridgehead atoms. The number of carbonyl (C=O) groups excluding carboxylic acids is 2. The van der Waals surface area contributed by atoms with Crippen molar-refractivity contribution in [2.75, 3.05) is 7.11 Å². The van der Waals surface area contributed by atoms with Crippen molar-refractivity contribution in [3.05, 3.63) is 0 Å². The Morgan fingerprint density at radius 1 is 1.69 bits per heavy atom. The molecule has 0 saturated carbocycles. The molecule has 4 heteroatoms. The topological polar surface area (TPSA) is 55.4 Å². The molecule has 1 rings (SSSR count). The molecule has 0 aromatic heterocycles. The van der Waals surface area contributed by atoms with Gasteiger partial charge in [-0.2, -0.15) is 0 Å².